The van der Waals surface area contributed by atoms with Gasteiger partial charge in [-0.1, -0.05) is 30.3 Å². The number of rotatable bonds is 5. The second-order valence-corrected chi connectivity index (χ2v) is 4.37. The Morgan fingerprint density at radius 3 is 2.60 bits per heavy atom. The molecular formula is C14H15N3O3. The summed E-state index contributed by atoms with van der Waals surface area (Å²) in [6.07, 6.45) is 2.90. The summed E-state index contributed by atoms with van der Waals surface area (Å²) in [4.78, 5) is 19.7. The number of nitrogens with one attached hydrogen (secondary N) is 1. The summed E-state index contributed by atoms with van der Waals surface area (Å²) in [6, 6.07) is 8.89. The summed E-state index contributed by atoms with van der Waals surface area (Å²) >= 11 is 0. The van der Waals surface area contributed by atoms with Crippen molar-refractivity contribution in [3.05, 3.63) is 48.3 Å². The molecule has 1 unspecified atom stereocenters. The average Bonchev–Trinajstić information content (AvgIpc) is 2.48. The van der Waals surface area contributed by atoms with Crippen molar-refractivity contribution in [1.82, 2.24) is 9.97 Å². The van der Waals surface area contributed by atoms with Gasteiger partial charge >= 0.3 is 5.97 Å². The lowest BCUT2D eigenvalue weighted by Gasteiger charge is -2.27. The zero-order valence-corrected chi connectivity index (χ0v) is 11.2. The normalized spacial score (nSPS) is 13.3. The van der Waals surface area contributed by atoms with Crippen LogP contribution >= 0.6 is 0 Å². The van der Waals surface area contributed by atoms with Gasteiger partial charge in [-0.25, -0.2) is 4.79 Å². The van der Waals surface area contributed by atoms with Crippen molar-refractivity contribution in [3.8, 4) is 5.88 Å². The fourth-order valence-corrected chi connectivity index (χ4v) is 1.78. The van der Waals surface area contributed by atoms with E-state index in [9.17, 15) is 9.90 Å². The molecule has 20 heavy (non-hydrogen) atoms. The molecule has 6 heteroatoms. The van der Waals surface area contributed by atoms with E-state index in [4.69, 9.17) is 4.74 Å². The number of aromatic nitrogens is 2. The van der Waals surface area contributed by atoms with Crippen LogP contribution in [0, 0.1) is 0 Å². The molecule has 1 atom stereocenters. The van der Waals surface area contributed by atoms with Crippen molar-refractivity contribution < 1.29 is 14.6 Å². The van der Waals surface area contributed by atoms with E-state index in [2.05, 4.69) is 15.3 Å². The van der Waals surface area contributed by atoms with Crippen molar-refractivity contribution >= 4 is 11.8 Å². The average molecular weight is 273 g/mol. The first-order valence-electron chi connectivity index (χ1n) is 5.99. The van der Waals surface area contributed by atoms with Crippen LogP contribution in [0.15, 0.2) is 42.7 Å². The fourth-order valence-electron chi connectivity index (χ4n) is 1.78. The maximum atomic E-state index is 11.6. The number of anilines is 1. The smallest absolute Gasteiger partial charge is 0.333 e. The Balaban J connectivity index is 2.37. The molecule has 2 N–H and O–H groups in total. The predicted octanol–water partition coefficient (Wildman–Crippen LogP) is 1.90. The SMILES string of the molecule is COc1cncc(NC(C)(C(=O)O)c2ccccc2)n1. The number of carboxylic acid groups (broad SMARTS) is 1. The Morgan fingerprint density at radius 2 is 2.00 bits per heavy atom. The molecule has 0 amide bonds. The molecule has 0 fully saturated rings. The molecular weight excluding hydrogens is 258 g/mol. The van der Waals surface area contributed by atoms with Crippen molar-refractivity contribution in [1.29, 1.82) is 0 Å². The van der Waals surface area contributed by atoms with Gasteiger partial charge in [0.05, 0.1) is 19.5 Å². The third-order valence-corrected chi connectivity index (χ3v) is 2.98. The zero-order chi connectivity index (χ0) is 14.6. The number of aliphatic carboxylic acids is 1. The van der Waals surface area contributed by atoms with E-state index in [0.717, 1.165) is 0 Å². The molecule has 0 saturated carbocycles. The largest absolute Gasteiger partial charge is 0.480 e. The van der Waals surface area contributed by atoms with Gasteiger partial charge in [0, 0.05) is 0 Å². The van der Waals surface area contributed by atoms with Gasteiger partial charge in [-0.05, 0) is 12.5 Å². The quantitative estimate of drug-likeness (QED) is 0.865. The number of hydrogen-bond acceptors (Lipinski definition) is 5. The van der Waals surface area contributed by atoms with Crippen LogP contribution in [-0.2, 0) is 10.3 Å². The molecule has 1 aromatic carbocycles. The molecule has 0 aliphatic carbocycles. The zero-order valence-electron chi connectivity index (χ0n) is 11.2. The van der Waals surface area contributed by atoms with E-state index >= 15 is 0 Å². The highest BCUT2D eigenvalue weighted by molar-refractivity contribution is 5.83. The van der Waals surface area contributed by atoms with Gasteiger partial charge in [0.25, 0.3) is 0 Å². The Bertz CT molecular complexity index is 604. The molecule has 2 aromatic rings. The first-order valence-corrected chi connectivity index (χ1v) is 5.99. The van der Waals surface area contributed by atoms with Crippen molar-refractivity contribution in [2.45, 2.75) is 12.5 Å². The number of carbonyl (C=O) groups is 1. The Labute approximate surface area is 116 Å². The third-order valence-electron chi connectivity index (χ3n) is 2.98. The number of methoxy groups -OCH3 is 1. The van der Waals surface area contributed by atoms with Gasteiger partial charge in [0.2, 0.25) is 5.88 Å². The van der Waals surface area contributed by atoms with E-state index in [-0.39, 0.29) is 0 Å². The lowest BCUT2D eigenvalue weighted by Crippen LogP contribution is -2.40. The Kier molecular flexibility index (Phi) is 3.84. The van der Waals surface area contributed by atoms with Gasteiger partial charge < -0.3 is 15.2 Å². The van der Waals surface area contributed by atoms with E-state index < -0.39 is 11.5 Å². The molecule has 0 aliphatic rings. The topological polar surface area (TPSA) is 84.3 Å². The van der Waals surface area contributed by atoms with E-state index in [1.165, 1.54) is 19.5 Å². The maximum Gasteiger partial charge on any atom is 0.333 e. The molecule has 1 heterocycles. The summed E-state index contributed by atoms with van der Waals surface area (Å²) in [5.74, 6) is -0.359. The molecule has 0 saturated heterocycles. The Hall–Kier alpha value is -2.63. The summed E-state index contributed by atoms with van der Waals surface area (Å²) in [6.45, 7) is 1.58. The fraction of sp³-hybridized carbons (Fsp3) is 0.214. The number of carboxylic acids is 1. The molecule has 0 aliphatic heterocycles. The number of ether oxygens (including phenoxy) is 1. The highest BCUT2D eigenvalue weighted by atomic mass is 16.5. The molecule has 2 rings (SSSR count). The van der Waals surface area contributed by atoms with E-state index in [1.807, 2.05) is 6.07 Å². The number of benzene rings is 1. The molecule has 0 radical (unpaired) electrons. The lowest BCUT2D eigenvalue weighted by molar-refractivity contribution is -0.142. The minimum atomic E-state index is -1.30. The highest BCUT2D eigenvalue weighted by Gasteiger charge is 2.35. The minimum absolute atomic E-state index is 0.316. The monoisotopic (exact) mass is 273 g/mol. The van der Waals surface area contributed by atoms with Gasteiger partial charge in [0.1, 0.15) is 5.82 Å². The first kappa shape index (κ1) is 13.8. The maximum absolute atomic E-state index is 11.6. The van der Waals surface area contributed by atoms with Crippen LogP contribution in [-0.4, -0.2) is 28.2 Å². The van der Waals surface area contributed by atoms with Gasteiger partial charge in [-0.2, -0.15) is 4.98 Å². The highest BCUT2D eigenvalue weighted by Crippen LogP contribution is 2.26. The van der Waals surface area contributed by atoms with Crippen LogP contribution in [0.25, 0.3) is 0 Å². The second-order valence-electron chi connectivity index (χ2n) is 4.37. The van der Waals surface area contributed by atoms with Crippen LogP contribution in [0.5, 0.6) is 5.88 Å². The van der Waals surface area contributed by atoms with Crippen molar-refractivity contribution in [3.63, 3.8) is 0 Å². The van der Waals surface area contributed by atoms with Crippen LogP contribution in [0.3, 0.4) is 0 Å². The van der Waals surface area contributed by atoms with Crippen molar-refractivity contribution in [2.75, 3.05) is 12.4 Å². The van der Waals surface area contributed by atoms with E-state index in [1.54, 1.807) is 31.2 Å². The first-order chi connectivity index (χ1) is 9.56. The molecule has 6 nitrogen and oxygen atoms in total. The van der Waals surface area contributed by atoms with E-state index in [0.29, 0.717) is 17.3 Å². The summed E-state index contributed by atoms with van der Waals surface area (Å²) in [5, 5.41) is 12.4. The van der Waals surface area contributed by atoms with Crippen LogP contribution in [0.2, 0.25) is 0 Å². The van der Waals surface area contributed by atoms with Gasteiger partial charge in [-0.15, -0.1) is 0 Å². The second kappa shape index (κ2) is 5.56. The Morgan fingerprint density at radius 1 is 1.30 bits per heavy atom. The summed E-state index contributed by atoms with van der Waals surface area (Å²) < 4.78 is 4.97. The predicted molar refractivity (Wildman–Crippen MR) is 73.6 cm³/mol. The standard InChI is InChI=1S/C14H15N3O3/c1-14(13(18)19,10-6-4-3-5-7-10)17-11-8-15-9-12(16-11)20-2/h3-9H,1-2H3,(H,16,17)(H,18,19). The van der Waals surface area contributed by atoms with Crippen LogP contribution < -0.4 is 10.1 Å². The lowest BCUT2D eigenvalue weighted by atomic mass is 9.92. The van der Waals surface area contributed by atoms with Gasteiger partial charge in [0.15, 0.2) is 5.54 Å². The summed E-state index contributed by atoms with van der Waals surface area (Å²) in [7, 11) is 1.47. The number of nitrogens with zero attached hydrogens (tertiary/aromatic N) is 2. The van der Waals surface area contributed by atoms with Crippen molar-refractivity contribution in [2.24, 2.45) is 0 Å². The molecule has 0 spiro atoms. The molecule has 1 aromatic heterocycles. The van der Waals surface area contributed by atoms with Gasteiger partial charge in [-0.3, -0.25) is 4.98 Å². The minimum Gasteiger partial charge on any atom is -0.480 e. The van der Waals surface area contributed by atoms with Crippen LogP contribution in [0.4, 0.5) is 5.82 Å². The number of hydrogen-bond donors (Lipinski definition) is 2. The van der Waals surface area contributed by atoms with Crippen LogP contribution in [0.1, 0.15) is 12.5 Å². The third kappa shape index (κ3) is 2.69. The molecule has 0 bridgehead atoms. The molecule has 104 valence electrons. The summed E-state index contributed by atoms with van der Waals surface area (Å²) in [5.41, 5.74) is -0.681.